The number of benzene rings is 2. The topological polar surface area (TPSA) is 85.4 Å². The summed E-state index contributed by atoms with van der Waals surface area (Å²) >= 11 is 0. The first-order chi connectivity index (χ1) is 14.2. The fourth-order valence-electron chi connectivity index (χ4n) is 3.56. The molecule has 0 spiro atoms. The lowest BCUT2D eigenvalue weighted by atomic mass is 9.85. The molecular weight excluding hydrogens is 400 g/mol. The number of nitrogens with one attached hydrogen (secondary N) is 1. The molecule has 0 aliphatic carbocycles. The van der Waals surface area contributed by atoms with E-state index in [0.29, 0.717) is 5.88 Å². The van der Waals surface area contributed by atoms with Crippen molar-refractivity contribution in [1.29, 1.82) is 0 Å². The fraction of sp³-hybridized carbons (Fsp3) is 0.304. The predicted molar refractivity (Wildman–Crippen MR) is 119 cm³/mol. The number of carbonyl (C=O) groups is 1. The van der Waals surface area contributed by atoms with Gasteiger partial charge in [0.25, 0.3) is 0 Å². The average Bonchev–Trinajstić information content (AvgIpc) is 2.69. The van der Waals surface area contributed by atoms with Crippen molar-refractivity contribution in [3.63, 3.8) is 0 Å². The molecule has 0 aliphatic rings. The number of carbonyl (C=O) groups excluding carboxylic acids is 1. The summed E-state index contributed by atoms with van der Waals surface area (Å²) in [4.78, 5) is 16.9. The number of sulfonamides is 1. The molecule has 0 bridgehead atoms. The molecule has 0 saturated carbocycles. The van der Waals surface area contributed by atoms with Gasteiger partial charge in [-0.15, -0.1) is 0 Å². The highest BCUT2D eigenvalue weighted by molar-refractivity contribution is 7.89. The van der Waals surface area contributed by atoms with Crippen molar-refractivity contribution in [3.8, 4) is 17.1 Å². The van der Waals surface area contributed by atoms with Gasteiger partial charge in [-0.05, 0) is 28.8 Å². The molecule has 30 heavy (non-hydrogen) atoms. The molecule has 0 saturated heterocycles. The van der Waals surface area contributed by atoms with Crippen LogP contribution in [-0.4, -0.2) is 32.7 Å². The minimum atomic E-state index is -3.60. The molecule has 1 atom stereocenters. The Balaban J connectivity index is 1.95. The number of pyridine rings is 1. The molecule has 3 aromatic rings. The van der Waals surface area contributed by atoms with E-state index in [1.807, 2.05) is 48.9 Å². The van der Waals surface area contributed by atoms with Gasteiger partial charge in [-0.2, -0.15) is 0 Å². The summed E-state index contributed by atoms with van der Waals surface area (Å²) in [5.41, 5.74) is 2.51. The number of methoxy groups -OCH3 is 1. The average molecular weight is 427 g/mol. The van der Waals surface area contributed by atoms with Crippen LogP contribution in [0.1, 0.15) is 31.7 Å². The van der Waals surface area contributed by atoms with Gasteiger partial charge in [0.15, 0.2) is 0 Å². The number of hydrogen-bond donors (Lipinski definition) is 1. The normalized spacial score (nSPS) is 12.7. The predicted octanol–water partition coefficient (Wildman–Crippen LogP) is 4.12. The maximum absolute atomic E-state index is 12.2. The van der Waals surface area contributed by atoms with Gasteiger partial charge in [0.2, 0.25) is 21.8 Å². The van der Waals surface area contributed by atoms with Crippen molar-refractivity contribution < 1.29 is 17.9 Å². The number of aromatic nitrogens is 1. The van der Waals surface area contributed by atoms with Crippen molar-refractivity contribution in [2.45, 2.75) is 26.2 Å². The minimum Gasteiger partial charge on any atom is -0.481 e. The Hall–Kier alpha value is -2.93. The Bertz CT molecular complexity index is 1170. The summed E-state index contributed by atoms with van der Waals surface area (Å²) in [5, 5.41) is 2.28. The zero-order chi connectivity index (χ0) is 21.9. The molecule has 2 aromatic carbocycles. The highest BCUT2D eigenvalue weighted by Gasteiger charge is 2.25. The Morgan fingerprint density at radius 1 is 1.07 bits per heavy atom. The molecule has 1 aromatic heterocycles. The van der Waals surface area contributed by atoms with Gasteiger partial charge in [0.1, 0.15) is 0 Å². The largest absolute Gasteiger partial charge is 0.481 e. The van der Waals surface area contributed by atoms with Gasteiger partial charge >= 0.3 is 0 Å². The third-order valence-electron chi connectivity index (χ3n) is 5.04. The Labute approximate surface area is 177 Å². The van der Waals surface area contributed by atoms with Crippen LogP contribution in [0.15, 0.2) is 54.6 Å². The number of fused-ring (bicyclic) bond motifs is 1. The molecule has 158 valence electrons. The fourth-order valence-corrected chi connectivity index (χ4v) is 4.06. The molecule has 3 rings (SSSR count). The van der Waals surface area contributed by atoms with Gasteiger partial charge in [-0.25, -0.2) is 13.4 Å². The van der Waals surface area contributed by atoms with Crippen LogP contribution < -0.4 is 9.46 Å². The molecule has 0 radical (unpaired) electrons. The number of hydrogen-bond acceptors (Lipinski definition) is 5. The van der Waals surface area contributed by atoms with E-state index in [1.165, 1.54) is 0 Å². The van der Waals surface area contributed by atoms with Crippen molar-refractivity contribution in [2.24, 2.45) is 5.92 Å². The number of rotatable bonds is 7. The third kappa shape index (κ3) is 5.16. The lowest BCUT2D eigenvalue weighted by Crippen LogP contribution is -2.31. The first kappa shape index (κ1) is 21.8. The molecule has 1 heterocycles. The van der Waals surface area contributed by atoms with Crippen molar-refractivity contribution in [3.05, 3.63) is 60.2 Å². The van der Waals surface area contributed by atoms with E-state index >= 15 is 0 Å². The quantitative estimate of drug-likeness (QED) is 0.614. The van der Waals surface area contributed by atoms with Crippen LogP contribution in [0, 0.1) is 5.92 Å². The number of ether oxygens (including phenoxy) is 1. The molecule has 7 heteroatoms. The van der Waals surface area contributed by atoms with Crippen molar-refractivity contribution in [2.75, 3.05) is 13.4 Å². The van der Waals surface area contributed by atoms with E-state index in [0.717, 1.165) is 33.8 Å². The van der Waals surface area contributed by atoms with E-state index in [-0.39, 0.29) is 18.3 Å². The first-order valence-corrected chi connectivity index (χ1v) is 11.6. The number of amides is 1. The number of nitrogens with zero attached hydrogens (tertiary/aromatic N) is 1. The monoisotopic (exact) mass is 426 g/mol. The first-order valence-electron chi connectivity index (χ1n) is 9.72. The zero-order valence-corrected chi connectivity index (χ0v) is 18.4. The standard InChI is InChI=1S/C23H26N2O4S/c1-15(2)20(14-22(26)25-30(4,27)28)19-11-12-21(24-23(19)29-3)18-10-9-16-7-5-6-8-17(16)13-18/h5-13,15,20H,14H2,1-4H3,(H,25,26). The van der Waals surface area contributed by atoms with Crippen LogP contribution in [0.4, 0.5) is 0 Å². The van der Waals surface area contributed by atoms with E-state index in [9.17, 15) is 13.2 Å². The van der Waals surface area contributed by atoms with Crippen LogP contribution in [-0.2, 0) is 14.8 Å². The molecule has 0 fully saturated rings. The second-order valence-electron chi connectivity index (χ2n) is 7.71. The second-order valence-corrected chi connectivity index (χ2v) is 9.46. The molecule has 0 aliphatic heterocycles. The maximum atomic E-state index is 12.2. The van der Waals surface area contributed by atoms with Gasteiger partial charge < -0.3 is 4.74 Å². The van der Waals surface area contributed by atoms with Gasteiger partial charge in [0, 0.05) is 23.5 Å². The van der Waals surface area contributed by atoms with Crippen LogP contribution >= 0.6 is 0 Å². The van der Waals surface area contributed by atoms with Crippen LogP contribution in [0.2, 0.25) is 0 Å². The maximum Gasteiger partial charge on any atom is 0.234 e. The van der Waals surface area contributed by atoms with Gasteiger partial charge in [-0.1, -0.05) is 56.3 Å². The van der Waals surface area contributed by atoms with Gasteiger partial charge in [-0.3, -0.25) is 9.52 Å². The second kappa shape index (κ2) is 8.83. The molecule has 1 unspecified atom stereocenters. The smallest absolute Gasteiger partial charge is 0.234 e. The summed E-state index contributed by atoms with van der Waals surface area (Å²) in [6, 6.07) is 18.1. The van der Waals surface area contributed by atoms with E-state index in [4.69, 9.17) is 4.74 Å². The minimum absolute atomic E-state index is 0.0259. The summed E-state index contributed by atoms with van der Waals surface area (Å²) in [6.07, 6.45) is 0.994. The zero-order valence-electron chi connectivity index (χ0n) is 17.5. The van der Waals surface area contributed by atoms with Crippen molar-refractivity contribution in [1.82, 2.24) is 9.71 Å². The highest BCUT2D eigenvalue weighted by atomic mass is 32.2. The molecule has 6 nitrogen and oxygen atoms in total. The van der Waals surface area contributed by atoms with Crippen LogP contribution in [0.3, 0.4) is 0 Å². The van der Waals surface area contributed by atoms with Crippen molar-refractivity contribution >= 4 is 26.7 Å². The lowest BCUT2D eigenvalue weighted by Gasteiger charge is -2.22. The van der Waals surface area contributed by atoms with Gasteiger partial charge in [0.05, 0.1) is 19.1 Å². The Morgan fingerprint density at radius 3 is 2.40 bits per heavy atom. The SMILES string of the molecule is COc1nc(-c2ccc3ccccc3c2)ccc1C(CC(=O)NS(C)(=O)=O)C(C)C. The van der Waals surface area contributed by atoms with E-state index in [1.54, 1.807) is 7.11 Å². The Morgan fingerprint density at radius 2 is 1.77 bits per heavy atom. The van der Waals surface area contributed by atoms with E-state index in [2.05, 4.69) is 29.2 Å². The molecule has 1 N–H and O–H groups in total. The third-order valence-corrected chi connectivity index (χ3v) is 5.64. The van der Waals surface area contributed by atoms with E-state index < -0.39 is 15.9 Å². The molecular formula is C23H26N2O4S. The summed E-state index contributed by atoms with van der Waals surface area (Å²) in [7, 11) is -2.05. The Kier molecular flexibility index (Phi) is 6.41. The summed E-state index contributed by atoms with van der Waals surface area (Å²) in [5.74, 6) is -0.263. The molecule has 1 amide bonds. The summed E-state index contributed by atoms with van der Waals surface area (Å²) < 4.78 is 30.3. The highest BCUT2D eigenvalue weighted by Crippen LogP contribution is 2.35. The summed E-state index contributed by atoms with van der Waals surface area (Å²) in [6.45, 7) is 3.96. The van der Waals surface area contributed by atoms with Crippen LogP contribution in [0.25, 0.3) is 22.0 Å². The lowest BCUT2D eigenvalue weighted by molar-refractivity contribution is -0.119. The van der Waals surface area contributed by atoms with Crippen LogP contribution in [0.5, 0.6) is 5.88 Å².